The second kappa shape index (κ2) is 7.23. The van der Waals surface area contributed by atoms with Crippen LogP contribution in [-0.4, -0.2) is 28.0 Å². The van der Waals surface area contributed by atoms with Crippen molar-refractivity contribution in [2.75, 3.05) is 18.0 Å². The van der Waals surface area contributed by atoms with Crippen molar-refractivity contribution in [3.8, 4) is 0 Å². The average Bonchev–Trinajstić information content (AvgIpc) is 2.39. The van der Waals surface area contributed by atoms with Gasteiger partial charge in [0.25, 0.3) is 0 Å². The molecule has 0 aliphatic heterocycles. The van der Waals surface area contributed by atoms with Gasteiger partial charge in [-0.05, 0) is 12.8 Å². The maximum atomic E-state index is 11.1. The van der Waals surface area contributed by atoms with Crippen LogP contribution in [0.25, 0.3) is 0 Å². The fourth-order valence-electron chi connectivity index (χ4n) is 1.96. The highest BCUT2D eigenvalue weighted by Crippen LogP contribution is 2.31. The third-order valence-electron chi connectivity index (χ3n) is 3.26. The Morgan fingerprint density at radius 2 is 2.00 bits per heavy atom. The molecule has 0 fully saturated rings. The maximum absolute atomic E-state index is 11.1. The Labute approximate surface area is 118 Å². The third-order valence-corrected chi connectivity index (χ3v) is 3.53. The third kappa shape index (κ3) is 3.76. The van der Waals surface area contributed by atoms with E-state index >= 15 is 0 Å². The Morgan fingerprint density at radius 1 is 1.37 bits per heavy atom. The molecule has 0 bridgehead atoms. The Morgan fingerprint density at radius 3 is 2.47 bits per heavy atom. The number of hydrogen-bond donors (Lipinski definition) is 0. The summed E-state index contributed by atoms with van der Waals surface area (Å²) in [4.78, 5) is 20.2. The van der Waals surface area contributed by atoms with Gasteiger partial charge in [-0.3, -0.25) is 10.1 Å². The molecule has 0 radical (unpaired) electrons. The van der Waals surface area contributed by atoms with E-state index in [1.807, 2.05) is 11.8 Å². The van der Waals surface area contributed by atoms with E-state index in [9.17, 15) is 10.1 Å². The van der Waals surface area contributed by atoms with Crippen molar-refractivity contribution in [2.24, 2.45) is 5.92 Å². The monoisotopic (exact) mass is 286 g/mol. The largest absolute Gasteiger partial charge is 0.351 e. The summed E-state index contributed by atoms with van der Waals surface area (Å²) in [6.45, 7) is 7.55. The predicted molar refractivity (Wildman–Crippen MR) is 75.7 cm³/mol. The lowest BCUT2D eigenvalue weighted by Crippen LogP contribution is -2.30. The van der Waals surface area contributed by atoms with Crippen molar-refractivity contribution in [2.45, 2.75) is 33.6 Å². The van der Waals surface area contributed by atoms with Gasteiger partial charge in [-0.15, -0.1) is 0 Å². The van der Waals surface area contributed by atoms with Gasteiger partial charge in [0.05, 0.1) is 4.92 Å². The van der Waals surface area contributed by atoms with Crippen LogP contribution in [-0.2, 0) is 0 Å². The lowest BCUT2D eigenvalue weighted by molar-refractivity contribution is -0.384. The van der Waals surface area contributed by atoms with Crippen LogP contribution in [0.15, 0.2) is 6.33 Å². The fraction of sp³-hybridized carbons (Fsp3) is 0.667. The minimum atomic E-state index is -0.521. The molecule has 7 heteroatoms. The number of anilines is 1. The van der Waals surface area contributed by atoms with E-state index in [0.29, 0.717) is 18.3 Å². The van der Waals surface area contributed by atoms with Crippen LogP contribution < -0.4 is 4.90 Å². The summed E-state index contributed by atoms with van der Waals surface area (Å²) in [6, 6.07) is 0. The molecule has 0 spiro atoms. The Bertz CT molecular complexity index is 438. The summed E-state index contributed by atoms with van der Waals surface area (Å²) < 4.78 is 0. The highest BCUT2D eigenvalue weighted by Gasteiger charge is 2.26. The summed E-state index contributed by atoms with van der Waals surface area (Å²) in [7, 11) is 0. The molecule has 0 aliphatic rings. The van der Waals surface area contributed by atoms with Crippen molar-refractivity contribution in [1.29, 1.82) is 0 Å². The van der Waals surface area contributed by atoms with Gasteiger partial charge in [0.1, 0.15) is 6.33 Å². The minimum absolute atomic E-state index is 0.113. The molecule has 0 amide bonds. The number of nitrogens with zero attached hydrogens (tertiary/aromatic N) is 4. The summed E-state index contributed by atoms with van der Waals surface area (Å²) in [5.41, 5.74) is -0.211. The number of rotatable bonds is 7. The molecule has 0 aromatic carbocycles. The van der Waals surface area contributed by atoms with Gasteiger partial charge in [0, 0.05) is 13.1 Å². The van der Waals surface area contributed by atoms with Gasteiger partial charge in [-0.1, -0.05) is 38.3 Å². The molecule has 6 nitrogen and oxygen atoms in total. The van der Waals surface area contributed by atoms with Gasteiger partial charge in [-0.25, -0.2) is 9.97 Å². The van der Waals surface area contributed by atoms with E-state index in [1.54, 1.807) is 0 Å². The van der Waals surface area contributed by atoms with E-state index in [1.165, 1.54) is 6.33 Å². The van der Waals surface area contributed by atoms with Crippen molar-refractivity contribution in [3.05, 3.63) is 21.6 Å². The van der Waals surface area contributed by atoms with Crippen LogP contribution in [0.4, 0.5) is 11.5 Å². The predicted octanol–water partition coefficient (Wildman–Crippen LogP) is 3.30. The van der Waals surface area contributed by atoms with Crippen LogP contribution in [0, 0.1) is 16.0 Å². The molecule has 1 aromatic rings. The zero-order chi connectivity index (χ0) is 14.4. The van der Waals surface area contributed by atoms with Crippen molar-refractivity contribution < 1.29 is 4.92 Å². The molecule has 0 N–H and O–H groups in total. The topological polar surface area (TPSA) is 72.2 Å². The van der Waals surface area contributed by atoms with Gasteiger partial charge in [-0.2, -0.15) is 0 Å². The molecule has 0 atom stereocenters. The highest BCUT2D eigenvalue weighted by atomic mass is 35.5. The fourth-order valence-corrected chi connectivity index (χ4v) is 2.16. The molecular weight excluding hydrogens is 268 g/mol. The number of nitro groups is 1. The molecule has 19 heavy (non-hydrogen) atoms. The highest BCUT2D eigenvalue weighted by molar-refractivity contribution is 6.31. The maximum Gasteiger partial charge on any atom is 0.348 e. The summed E-state index contributed by atoms with van der Waals surface area (Å²) in [6.07, 6.45) is 3.32. The van der Waals surface area contributed by atoms with Gasteiger partial charge in [0.15, 0.2) is 0 Å². The molecular formula is C12H19ClN4O2. The zero-order valence-electron chi connectivity index (χ0n) is 11.5. The summed E-state index contributed by atoms with van der Waals surface area (Å²) in [5.74, 6) is 0.785. The van der Waals surface area contributed by atoms with Crippen molar-refractivity contribution in [1.82, 2.24) is 9.97 Å². The summed E-state index contributed by atoms with van der Waals surface area (Å²) >= 11 is 5.81. The number of hydrogen-bond acceptors (Lipinski definition) is 5. The van der Waals surface area contributed by atoms with E-state index in [0.717, 1.165) is 19.4 Å². The minimum Gasteiger partial charge on any atom is -0.351 e. The van der Waals surface area contributed by atoms with E-state index < -0.39 is 4.92 Å². The summed E-state index contributed by atoms with van der Waals surface area (Å²) in [5, 5.41) is 11.0. The van der Waals surface area contributed by atoms with Crippen LogP contribution in [0.3, 0.4) is 0 Å². The van der Waals surface area contributed by atoms with Crippen LogP contribution in [0.1, 0.15) is 33.6 Å². The Balaban J connectivity index is 3.11. The first-order valence-electron chi connectivity index (χ1n) is 6.44. The quantitative estimate of drug-likeness (QED) is 0.437. The smallest absolute Gasteiger partial charge is 0.348 e. The zero-order valence-corrected chi connectivity index (χ0v) is 12.2. The SMILES string of the molecule is CCC(CC)CN(CC)c1ncnc(Cl)c1[N+](=O)[O-]. The average molecular weight is 287 g/mol. The molecule has 1 heterocycles. The van der Waals surface area contributed by atoms with E-state index in [4.69, 9.17) is 11.6 Å². The van der Waals surface area contributed by atoms with Crippen molar-refractivity contribution >= 4 is 23.1 Å². The molecule has 106 valence electrons. The second-order valence-electron chi connectivity index (χ2n) is 4.31. The second-order valence-corrected chi connectivity index (χ2v) is 4.67. The Kier molecular flexibility index (Phi) is 5.95. The van der Waals surface area contributed by atoms with Gasteiger partial charge in [0.2, 0.25) is 11.0 Å². The molecule has 0 saturated heterocycles. The van der Waals surface area contributed by atoms with Crippen LogP contribution >= 0.6 is 11.6 Å². The lowest BCUT2D eigenvalue weighted by Gasteiger charge is -2.25. The van der Waals surface area contributed by atoms with Crippen LogP contribution in [0.5, 0.6) is 0 Å². The Hall–Kier alpha value is -1.43. The van der Waals surface area contributed by atoms with Crippen molar-refractivity contribution in [3.63, 3.8) is 0 Å². The molecule has 0 saturated carbocycles. The molecule has 0 unspecified atom stereocenters. The first-order valence-corrected chi connectivity index (χ1v) is 6.82. The lowest BCUT2D eigenvalue weighted by atomic mass is 10.0. The molecule has 1 aromatic heterocycles. The normalized spacial score (nSPS) is 10.8. The number of halogens is 1. The molecule has 1 rings (SSSR count). The van der Waals surface area contributed by atoms with Gasteiger partial charge >= 0.3 is 5.69 Å². The first-order chi connectivity index (χ1) is 9.04. The standard InChI is InChI=1S/C12H19ClN4O2/c1-4-9(5-2)7-16(6-3)12-10(17(18)19)11(13)14-8-15-12/h8-9H,4-7H2,1-3H3. The number of aromatic nitrogens is 2. The van der Waals surface area contributed by atoms with Crippen LogP contribution in [0.2, 0.25) is 5.15 Å². The van der Waals surface area contributed by atoms with Gasteiger partial charge < -0.3 is 4.90 Å². The first kappa shape index (κ1) is 15.6. The van der Waals surface area contributed by atoms with E-state index in [-0.39, 0.29) is 10.8 Å². The van der Waals surface area contributed by atoms with E-state index in [2.05, 4.69) is 23.8 Å². The molecule has 0 aliphatic carbocycles.